The van der Waals surface area contributed by atoms with Gasteiger partial charge in [-0.1, -0.05) is 28.1 Å². The molecule has 2 N–H and O–H groups in total. The lowest BCUT2D eigenvalue weighted by Crippen LogP contribution is -2.48. The maximum absolute atomic E-state index is 12.2. The molecule has 0 aromatic heterocycles. The molecule has 106 valence electrons. The van der Waals surface area contributed by atoms with Gasteiger partial charge < -0.3 is 10.6 Å². The van der Waals surface area contributed by atoms with E-state index in [4.69, 9.17) is 0 Å². The molecule has 19 heavy (non-hydrogen) atoms. The maximum Gasteiger partial charge on any atom is 0.227 e. The monoisotopic (exact) mass is 346 g/mol. The smallest absolute Gasteiger partial charge is 0.227 e. The van der Waals surface area contributed by atoms with Crippen LogP contribution in [0.5, 0.6) is 0 Å². The van der Waals surface area contributed by atoms with E-state index in [1.165, 1.54) is 0 Å². The third kappa shape index (κ3) is 4.48. The molecule has 1 unspecified atom stereocenters. The van der Waals surface area contributed by atoms with Crippen molar-refractivity contribution in [3.63, 3.8) is 0 Å². The first-order valence-corrected chi connectivity index (χ1v) is 7.13. The van der Waals surface area contributed by atoms with Gasteiger partial charge in [-0.15, -0.1) is 12.4 Å². The van der Waals surface area contributed by atoms with Gasteiger partial charge in [0.15, 0.2) is 0 Å². The van der Waals surface area contributed by atoms with Crippen molar-refractivity contribution in [3.05, 3.63) is 34.3 Å². The molecule has 1 fully saturated rings. The third-order valence-corrected chi connectivity index (χ3v) is 3.98. The lowest BCUT2D eigenvalue weighted by atomic mass is 9.82. The van der Waals surface area contributed by atoms with Crippen LogP contribution in [0.1, 0.15) is 25.3 Å². The van der Waals surface area contributed by atoms with E-state index in [2.05, 4.69) is 26.6 Å². The lowest BCUT2D eigenvalue weighted by Gasteiger charge is -2.32. The zero-order chi connectivity index (χ0) is 13.0. The molecule has 1 aromatic rings. The fourth-order valence-electron chi connectivity index (χ4n) is 2.29. The summed E-state index contributed by atoms with van der Waals surface area (Å²) in [4.78, 5) is 12.2. The minimum atomic E-state index is -0.260. The van der Waals surface area contributed by atoms with Gasteiger partial charge in [0.2, 0.25) is 5.91 Å². The van der Waals surface area contributed by atoms with E-state index >= 15 is 0 Å². The lowest BCUT2D eigenvalue weighted by molar-refractivity contribution is -0.131. The Morgan fingerprint density at radius 1 is 1.53 bits per heavy atom. The first-order valence-electron chi connectivity index (χ1n) is 6.34. The molecule has 0 spiro atoms. The molecule has 1 amide bonds. The Bertz CT molecular complexity index is 433. The van der Waals surface area contributed by atoms with Crippen molar-refractivity contribution in [1.29, 1.82) is 0 Å². The SMILES string of the molecule is CC1(C(=O)NCc2cccc(Br)c2)CCCNC1.Cl. The van der Waals surface area contributed by atoms with Gasteiger partial charge in [-0.05, 0) is 44.0 Å². The number of halogens is 2. The second-order valence-electron chi connectivity index (χ2n) is 5.15. The molecule has 1 atom stereocenters. The van der Waals surface area contributed by atoms with Crippen molar-refractivity contribution in [2.45, 2.75) is 26.3 Å². The van der Waals surface area contributed by atoms with E-state index in [0.717, 1.165) is 36.0 Å². The average Bonchev–Trinajstić information content (AvgIpc) is 2.37. The third-order valence-electron chi connectivity index (χ3n) is 3.49. The summed E-state index contributed by atoms with van der Waals surface area (Å²) in [5.41, 5.74) is 0.856. The van der Waals surface area contributed by atoms with Crippen molar-refractivity contribution in [3.8, 4) is 0 Å². The Labute approximate surface area is 129 Å². The Hall–Kier alpha value is -0.580. The molecule has 2 rings (SSSR count). The van der Waals surface area contributed by atoms with E-state index < -0.39 is 0 Å². The highest BCUT2D eigenvalue weighted by Crippen LogP contribution is 2.25. The van der Waals surface area contributed by atoms with Gasteiger partial charge in [-0.25, -0.2) is 0 Å². The molecular formula is C14H20BrClN2O. The second kappa shape index (κ2) is 7.27. The van der Waals surface area contributed by atoms with E-state index in [9.17, 15) is 4.79 Å². The number of amides is 1. The molecule has 5 heteroatoms. The minimum absolute atomic E-state index is 0. The van der Waals surface area contributed by atoms with E-state index in [1.54, 1.807) is 0 Å². The standard InChI is InChI=1S/C14H19BrN2O.ClH/c1-14(6-3-7-16-10-14)13(18)17-9-11-4-2-5-12(15)8-11;/h2,4-5,8,16H,3,6-7,9-10H2,1H3,(H,17,18);1H. The van der Waals surface area contributed by atoms with Gasteiger partial charge in [0.05, 0.1) is 5.41 Å². The van der Waals surface area contributed by atoms with Crippen molar-refractivity contribution >= 4 is 34.2 Å². The second-order valence-corrected chi connectivity index (χ2v) is 6.07. The molecule has 1 saturated heterocycles. The minimum Gasteiger partial charge on any atom is -0.352 e. The first-order chi connectivity index (χ1) is 8.60. The van der Waals surface area contributed by atoms with Crippen LogP contribution in [0.25, 0.3) is 0 Å². The number of hydrogen-bond acceptors (Lipinski definition) is 2. The highest BCUT2D eigenvalue weighted by molar-refractivity contribution is 9.10. The number of carbonyl (C=O) groups is 1. The van der Waals surface area contributed by atoms with Crippen molar-refractivity contribution in [1.82, 2.24) is 10.6 Å². The Balaban J connectivity index is 0.00000180. The molecule has 0 bridgehead atoms. The first kappa shape index (κ1) is 16.5. The van der Waals surface area contributed by atoms with Gasteiger partial charge >= 0.3 is 0 Å². The summed E-state index contributed by atoms with van der Waals surface area (Å²) in [6.07, 6.45) is 2.03. The zero-order valence-electron chi connectivity index (χ0n) is 11.0. The molecule has 1 aromatic carbocycles. The summed E-state index contributed by atoms with van der Waals surface area (Å²) in [7, 11) is 0. The van der Waals surface area contributed by atoms with Crippen LogP contribution in [0.4, 0.5) is 0 Å². The summed E-state index contributed by atoms with van der Waals surface area (Å²) in [5.74, 6) is 0.148. The average molecular weight is 348 g/mol. The van der Waals surface area contributed by atoms with Crippen LogP contribution in [-0.4, -0.2) is 19.0 Å². The zero-order valence-corrected chi connectivity index (χ0v) is 13.4. The van der Waals surface area contributed by atoms with Crippen molar-refractivity contribution in [2.24, 2.45) is 5.41 Å². The molecule has 0 radical (unpaired) electrons. The van der Waals surface area contributed by atoms with Crippen LogP contribution in [0.2, 0.25) is 0 Å². The van der Waals surface area contributed by atoms with Crippen LogP contribution < -0.4 is 10.6 Å². The molecule has 1 aliphatic rings. The van der Waals surface area contributed by atoms with Crippen LogP contribution in [0, 0.1) is 5.41 Å². The van der Waals surface area contributed by atoms with Crippen LogP contribution in [0.15, 0.2) is 28.7 Å². The van der Waals surface area contributed by atoms with Crippen LogP contribution in [0.3, 0.4) is 0 Å². The number of hydrogen-bond donors (Lipinski definition) is 2. The number of nitrogens with one attached hydrogen (secondary N) is 2. The molecule has 3 nitrogen and oxygen atoms in total. The quantitative estimate of drug-likeness (QED) is 0.883. The number of carbonyl (C=O) groups excluding carboxylic acids is 1. The summed E-state index contributed by atoms with van der Waals surface area (Å²) in [5, 5.41) is 6.33. The molecule has 0 aliphatic carbocycles. The molecule has 0 saturated carbocycles. The summed E-state index contributed by atoms with van der Waals surface area (Å²) >= 11 is 3.43. The Morgan fingerprint density at radius 2 is 2.32 bits per heavy atom. The van der Waals surface area contributed by atoms with Crippen molar-refractivity contribution in [2.75, 3.05) is 13.1 Å². The topological polar surface area (TPSA) is 41.1 Å². The van der Waals surface area contributed by atoms with Gasteiger partial charge in [0, 0.05) is 17.6 Å². The largest absolute Gasteiger partial charge is 0.352 e. The predicted octanol–water partition coefficient (Wildman–Crippen LogP) is 2.88. The highest BCUT2D eigenvalue weighted by Gasteiger charge is 2.34. The number of rotatable bonds is 3. The number of piperidine rings is 1. The van der Waals surface area contributed by atoms with E-state index in [0.29, 0.717) is 6.54 Å². The molecule has 1 heterocycles. The van der Waals surface area contributed by atoms with Gasteiger partial charge in [-0.3, -0.25) is 4.79 Å². The Morgan fingerprint density at radius 3 is 2.95 bits per heavy atom. The summed E-state index contributed by atoms with van der Waals surface area (Å²) in [6.45, 7) is 4.43. The fourth-order valence-corrected chi connectivity index (χ4v) is 2.74. The number of benzene rings is 1. The highest BCUT2D eigenvalue weighted by atomic mass is 79.9. The van der Waals surface area contributed by atoms with Crippen molar-refractivity contribution < 1.29 is 4.79 Å². The van der Waals surface area contributed by atoms with Crippen LogP contribution >= 0.6 is 28.3 Å². The Kier molecular flexibility index (Phi) is 6.30. The van der Waals surface area contributed by atoms with Gasteiger partial charge in [-0.2, -0.15) is 0 Å². The van der Waals surface area contributed by atoms with E-state index in [-0.39, 0.29) is 23.7 Å². The van der Waals surface area contributed by atoms with Crippen LogP contribution in [-0.2, 0) is 11.3 Å². The van der Waals surface area contributed by atoms with E-state index in [1.807, 2.05) is 31.2 Å². The van der Waals surface area contributed by atoms with Gasteiger partial charge in [0.1, 0.15) is 0 Å². The summed E-state index contributed by atoms with van der Waals surface area (Å²) in [6, 6.07) is 8.02. The molecular weight excluding hydrogens is 328 g/mol. The van der Waals surface area contributed by atoms with Gasteiger partial charge in [0.25, 0.3) is 0 Å². The predicted molar refractivity (Wildman–Crippen MR) is 83.4 cm³/mol. The fraction of sp³-hybridized carbons (Fsp3) is 0.500. The molecule has 1 aliphatic heterocycles. The maximum atomic E-state index is 12.2. The summed E-state index contributed by atoms with van der Waals surface area (Å²) < 4.78 is 1.04. The normalized spacial score (nSPS) is 22.4.